The van der Waals surface area contributed by atoms with Gasteiger partial charge in [0.25, 0.3) is 0 Å². The van der Waals surface area contributed by atoms with E-state index < -0.39 is 21.9 Å². The van der Waals surface area contributed by atoms with Gasteiger partial charge < -0.3 is 5.11 Å². The van der Waals surface area contributed by atoms with Crippen LogP contribution in [-0.4, -0.2) is 31.2 Å². The Morgan fingerprint density at radius 1 is 1.26 bits per heavy atom. The van der Waals surface area contributed by atoms with E-state index in [4.69, 9.17) is 0 Å². The van der Waals surface area contributed by atoms with Crippen molar-refractivity contribution in [2.24, 2.45) is 5.92 Å². The molecule has 1 aromatic carbocycles. The van der Waals surface area contributed by atoms with Gasteiger partial charge >= 0.3 is 0 Å². The molecule has 5 heteroatoms. The quantitative estimate of drug-likeness (QED) is 0.863. The lowest BCUT2D eigenvalue weighted by Crippen LogP contribution is -2.32. The lowest BCUT2D eigenvalue weighted by Gasteiger charge is -2.18. The first kappa shape index (κ1) is 15.9. The summed E-state index contributed by atoms with van der Waals surface area (Å²) in [6.45, 7) is 4.98. The zero-order chi connectivity index (χ0) is 14.6. The molecule has 0 heterocycles. The minimum Gasteiger partial charge on any atom is -0.393 e. The topological polar surface area (TPSA) is 71.4 Å². The van der Waals surface area contributed by atoms with Crippen molar-refractivity contribution in [2.75, 3.05) is 5.75 Å². The summed E-state index contributed by atoms with van der Waals surface area (Å²) in [7, 11) is -3.56. The van der Waals surface area contributed by atoms with Gasteiger partial charge in [-0.1, -0.05) is 24.6 Å². The number of benzene rings is 1. The fraction of sp³-hybridized carbons (Fsp3) is 0.500. The predicted molar refractivity (Wildman–Crippen MR) is 73.7 cm³/mol. The summed E-state index contributed by atoms with van der Waals surface area (Å²) in [4.78, 5) is 11.9. The number of aliphatic hydroxyl groups excluding tert-OH is 1. The van der Waals surface area contributed by atoms with Crippen LogP contribution in [0.25, 0.3) is 0 Å². The predicted octanol–water partition coefficient (Wildman–Crippen LogP) is 1.74. The Morgan fingerprint density at radius 3 is 2.21 bits per heavy atom. The lowest BCUT2D eigenvalue weighted by molar-refractivity contribution is -0.124. The summed E-state index contributed by atoms with van der Waals surface area (Å²) in [5.41, 5.74) is 0.968. The van der Waals surface area contributed by atoms with E-state index in [9.17, 15) is 18.3 Å². The van der Waals surface area contributed by atoms with Gasteiger partial charge in [-0.2, -0.15) is 0 Å². The van der Waals surface area contributed by atoms with Crippen molar-refractivity contribution in [2.45, 2.75) is 38.2 Å². The molecule has 0 unspecified atom stereocenters. The zero-order valence-corrected chi connectivity index (χ0v) is 12.3. The fourth-order valence-corrected chi connectivity index (χ4v) is 3.52. The van der Waals surface area contributed by atoms with Gasteiger partial charge in [-0.15, -0.1) is 0 Å². The second-order valence-corrected chi connectivity index (χ2v) is 6.80. The average molecular weight is 284 g/mol. The smallest absolute Gasteiger partial charge is 0.179 e. The molecule has 0 saturated carbocycles. The largest absolute Gasteiger partial charge is 0.393 e. The van der Waals surface area contributed by atoms with E-state index in [1.54, 1.807) is 19.1 Å². The first-order valence-electron chi connectivity index (χ1n) is 6.28. The number of Topliss-reactive ketones (excluding diaryl/α,β-unsaturated/α-hetero) is 1. The van der Waals surface area contributed by atoms with Crippen molar-refractivity contribution in [3.05, 3.63) is 29.8 Å². The van der Waals surface area contributed by atoms with E-state index >= 15 is 0 Å². The Hall–Kier alpha value is -1.20. The molecule has 0 radical (unpaired) electrons. The standard InChI is InChI=1S/C14H20O4S/c1-4-14(16)13(11(3)15)9-19(17,18)12-7-5-10(2)6-8-12/h5-8,11,13,15H,4,9H2,1-3H3/t11-,13-/m1/s1. The third kappa shape index (κ3) is 4.14. The van der Waals surface area contributed by atoms with Gasteiger partial charge in [-0.25, -0.2) is 8.42 Å². The number of rotatable bonds is 6. The number of hydrogen-bond donors (Lipinski definition) is 1. The Morgan fingerprint density at radius 2 is 1.79 bits per heavy atom. The van der Waals surface area contributed by atoms with Crippen LogP contribution in [0, 0.1) is 12.8 Å². The van der Waals surface area contributed by atoms with Crippen LogP contribution in [0.3, 0.4) is 0 Å². The van der Waals surface area contributed by atoms with Crippen molar-refractivity contribution in [1.82, 2.24) is 0 Å². The Labute approximate surface area is 114 Å². The van der Waals surface area contributed by atoms with Crippen LogP contribution in [0.1, 0.15) is 25.8 Å². The molecule has 1 rings (SSSR count). The van der Waals surface area contributed by atoms with Crippen molar-refractivity contribution >= 4 is 15.6 Å². The van der Waals surface area contributed by atoms with Crippen LogP contribution in [0.2, 0.25) is 0 Å². The highest BCUT2D eigenvalue weighted by Crippen LogP contribution is 2.18. The van der Waals surface area contributed by atoms with Gasteiger partial charge in [0, 0.05) is 6.42 Å². The molecular weight excluding hydrogens is 264 g/mol. The van der Waals surface area contributed by atoms with Crippen molar-refractivity contribution in [3.8, 4) is 0 Å². The van der Waals surface area contributed by atoms with Crippen LogP contribution in [-0.2, 0) is 14.6 Å². The molecule has 2 atom stereocenters. The van der Waals surface area contributed by atoms with E-state index in [1.807, 2.05) is 6.92 Å². The molecule has 0 aliphatic rings. The third-order valence-electron chi connectivity index (χ3n) is 3.12. The number of hydrogen-bond acceptors (Lipinski definition) is 4. The average Bonchev–Trinajstić information content (AvgIpc) is 2.35. The molecular formula is C14H20O4S. The van der Waals surface area contributed by atoms with Gasteiger partial charge in [0.15, 0.2) is 9.84 Å². The number of sulfone groups is 1. The highest BCUT2D eigenvalue weighted by molar-refractivity contribution is 7.91. The Balaban J connectivity index is 3.00. The minimum atomic E-state index is -3.56. The maximum absolute atomic E-state index is 12.2. The van der Waals surface area contributed by atoms with Crippen LogP contribution in [0.5, 0.6) is 0 Å². The Bertz CT molecular complexity index is 529. The summed E-state index contributed by atoms with van der Waals surface area (Å²) < 4.78 is 24.4. The summed E-state index contributed by atoms with van der Waals surface area (Å²) in [6.07, 6.45) is -0.744. The molecule has 0 aromatic heterocycles. The molecule has 1 N–H and O–H groups in total. The van der Waals surface area contributed by atoms with Gasteiger partial charge in [0.05, 0.1) is 22.7 Å². The molecule has 0 saturated heterocycles. The molecule has 0 fully saturated rings. The second kappa shape index (κ2) is 6.30. The highest BCUT2D eigenvalue weighted by atomic mass is 32.2. The highest BCUT2D eigenvalue weighted by Gasteiger charge is 2.29. The van der Waals surface area contributed by atoms with Gasteiger partial charge in [-0.05, 0) is 26.0 Å². The van der Waals surface area contributed by atoms with E-state index in [2.05, 4.69) is 0 Å². The molecule has 0 aliphatic heterocycles. The molecule has 4 nitrogen and oxygen atoms in total. The first-order chi connectivity index (χ1) is 8.77. The Kier molecular flexibility index (Phi) is 5.26. The summed E-state index contributed by atoms with van der Waals surface area (Å²) in [5.74, 6) is -1.44. The number of carbonyl (C=O) groups is 1. The van der Waals surface area contributed by atoms with Crippen molar-refractivity contribution in [1.29, 1.82) is 0 Å². The molecule has 1 aromatic rings. The molecule has 0 bridgehead atoms. The van der Waals surface area contributed by atoms with E-state index in [0.29, 0.717) is 0 Å². The SMILES string of the molecule is CCC(=O)[C@H](CS(=O)(=O)c1ccc(C)cc1)[C@@H](C)O. The van der Waals surface area contributed by atoms with E-state index in [-0.39, 0.29) is 22.9 Å². The molecule has 19 heavy (non-hydrogen) atoms. The molecule has 0 spiro atoms. The summed E-state index contributed by atoms with van der Waals surface area (Å²) >= 11 is 0. The van der Waals surface area contributed by atoms with E-state index in [1.165, 1.54) is 19.1 Å². The van der Waals surface area contributed by atoms with E-state index in [0.717, 1.165) is 5.56 Å². The summed E-state index contributed by atoms with van der Waals surface area (Å²) in [6, 6.07) is 6.48. The lowest BCUT2D eigenvalue weighted by atomic mass is 9.99. The number of aryl methyl sites for hydroxylation is 1. The van der Waals surface area contributed by atoms with Crippen LogP contribution < -0.4 is 0 Å². The number of carbonyl (C=O) groups excluding carboxylic acids is 1. The van der Waals surface area contributed by atoms with Gasteiger partial charge in [0.2, 0.25) is 0 Å². The van der Waals surface area contributed by atoms with Gasteiger partial charge in [-0.3, -0.25) is 4.79 Å². The maximum Gasteiger partial charge on any atom is 0.179 e. The second-order valence-electron chi connectivity index (χ2n) is 4.76. The number of ketones is 1. The molecule has 0 amide bonds. The monoisotopic (exact) mass is 284 g/mol. The fourth-order valence-electron chi connectivity index (χ4n) is 1.84. The summed E-state index contributed by atoms with van der Waals surface area (Å²) in [5, 5.41) is 9.58. The molecule has 106 valence electrons. The maximum atomic E-state index is 12.2. The normalized spacial score (nSPS) is 14.9. The number of aliphatic hydroxyl groups is 1. The van der Waals surface area contributed by atoms with Crippen LogP contribution >= 0.6 is 0 Å². The van der Waals surface area contributed by atoms with Crippen molar-refractivity contribution in [3.63, 3.8) is 0 Å². The third-order valence-corrected chi connectivity index (χ3v) is 4.91. The zero-order valence-electron chi connectivity index (χ0n) is 11.5. The van der Waals surface area contributed by atoms with Gasteiger partial charge in [0.1, 0.15) is 5.78 Å². The van der Waals surface area contributed by atoms with Crippen LogP contribution in [0.4, 0.5) is 0 Å². The molecule has 0 aliphatic carbocycles. The minimum absolute atomic E-state index is 0.188. The van der Waals surface area contributed by atoms with Crippen molar-refractivity contribution < 1.29 is 18.3 Å². The first-order valence-corrected chi connectivity index (χ1v) is 7.93. The van der Waals surface area contributed by atoms with Crippen LogP contribution in [0.15, 0.2) is 29.2 Å².